The number of nitrogens with zero attached hydrogens (tertiary/aromatic N) is 1. The third kappa shape index (κ3) is 2.53. The second-order valence-corrected chi connectivity index (χ2v) is 5.19. The second kappa shape index (κ2) is 4.87. The van der Waals surface area contributed by atoms with E-state index in [9.17, 15) is 4.79 Å². The SMILES string of the molecule is O=C(C[C@H]1C=CCC1)N1CCSCC1. The van der Waals surface area contributed by atoms with E-state index in [1.165, 1.54) is 6.42 Å². The first kappa shape index (κ1) is 10.1. The fraction of sp³-hybridized carbons (Fsp3) is 0.727. The van der Waals surface area contributed by atoms with Gasteiger partial charge in [-0.1, -0.05) is 12.2 Å². The molecule has 0 N–H and O–H groups in total. The number of rotatable bonds is 2. The Kier molecular flexibility index (Phi) is 3.51. The molecule has 0 radical (unpaired) electrons. The van der Waals surface area contributed by atoms with Crippen LogP contribution in [0.2, 0.25) is 0 Å². The minimum atomic E-state index is 0.363. The van der Waals surface area contributed by atoms with Crippen LogP contribution in [-0.4, -0.2) is 35.4 Å². The van der Waals surface area contributed by atoms with Gasteiger partial charge in [0.25, 0.3) is 0 Å². The van der Waals surface area contributed by atoms with Crippen LogP contribution in [0.15, 0.2) is 12.2 Å². The van der Waals surface area contributed by atoms with E-state index >= 15 is 0 Å². The molecule has 0 aromatic carbocycles. The van der Waals surface area contributed by atoms with Crippen molar-refractivity contribution in [3.63, 3.8) is 0 Å². The molecule has 0 spiro atoms. The minimum absolute atomic E-state index is 0.363. The van der Waals surface area contributed by atoms with Gasteiger partial charge in [0.2, 0.25) is 5.91 Å². The van der Waals surface area contributed by atoms with Crippen molar-refractivity contribution in [3.05, 3.63) is 12.2 Å². The van der Waals surface area contributed by atoms with Gasteiger partial charge in [-0.05, 0) is 18.8 Å². The second-order valence-electron chi connectivity index (χ2n) is 3.96. The summed E-state index contributed by atoms with van der Waals surface area (Å²) in [5.74, 6) is 3.12. The first-order valence-electron chi connectivity index (χ1n) is 5.38. The van der Waals surface area contributed by atoms with Crippen LogP contribution >= 0.6 is 11.8 Å². The number of thioether (sulfide) groups is 1. The first-order chi connectivity index (χ1) is 6.86. The van der Waals surface area contributed by atoms with Crippen molar-refractivity contribution in [2.45, 2.75) is 19.3 Å². The Balaban J connectivity index is 1.78. The van der Waals surface area contributed by atoms with E-state index in [1.807, 2.05) is 16.7 Å². The van der Waals surface area contributed by atoms with Gasteiger partial charge in [-0.25, -0.2) is 0 Å². The molecule has 1 aliphatic carbocycles. The highest BCUT2D eigenvalue weighted by atomic mass is 32.2. The predicted octanol–water partition coefficient (Wildman–Crippen LogP) is 1.92. The van der Waals surface area contributed by atoms with Crippen LogP contribution in [0.4, 0.5) is 0 Å². The zero-order valence-electron chi connectivity index (χ0n) is 8.45. The molecule has 0 bridgehead atoms. The molecular formula is C11H17NOS. The van der Waals surface area contributed by atoms with Gasteiger partial charge in [0.1, 0.15) is 0 Å². The van der Waals surface area contributed by atoms with Crippen LogP contribution in [0.25, 0.3) is 0 Å². The molecule has 0 saturated carbocycles. The van der Waals surface area contributed by atoms with Crippen LogP contribution in [0.5, 0.6) is 0 Å². The van der Waals surface area contributed by atoms with Crippen LogP contribution in [-0.2, 0) is 4.79 Å². The van der Waals surface area contributed by atoms with Crippen LogP contribution in [0, 0.1) is 5.92 Å². The van der Waals surface area contributed by atoms with E-state index < -0.39 is 0 Å². The molecule has 78 valence electrons. The molecule has 0 unspecified atom stereocenters. The van der Waals surface area contributed by atoms with Crippen molar-refractivity contribution >= 4 is 17.7 Å². The first-order valence-corrected chi connectivity index (χ1v) is 6.54. The maximum atomic E-state index is 11.8. The summed E-state index contributed by atoms with van der Waals surface area (Å²) in [4.78, 5) is 13.9. The Morgan fingerprint density at radius 1 is 1.43 bits per heavy atom. The fourth-order valence-corrected chi connectivity index (χ4v) is 2.93. The van der Waals surface area contributed by atoms with E-state index in [2.05, 4.69) is 12.2 Å². The molecular weight excluding hydrogens is 194 g/mol. The summed E-state index contributed by atoms with van der Waals surface area (Å²) >= 11 is 1.95. The zero-order chi connectivity index (χ0) is 9.80. The van der Waals surface area contributed by atoms with Crippen molar-refractivity contribution in [2.24, 2.45) is 5.92 Å². The average molecular weight is 211 g/mol. The molecule has 1 saturated heterocycles. The normalized spacial score (nSPS) is 26.9. The highest BCUT2D eigenvalue weighted by Crippen LogP contribution is 2.22. The smallest absolute Gasteiger partial charge is 0.223 e. The number of allylic oxidation sites excluding steroid dienone is 2. The van der Waals surface area contributed by atoms with Crippen molar-refractivity contribution in [3.8, 4) is 0 Å². The number of carbonyl (C=O) groups excluding carboxylic acids is 1. The van der Waals surface area contributed by atoms with Crippen LogP contribution in [0.3, 0.4) is 0 Å². The third-order valence-corrected chi connectivity index (χ3v) is 3.86. The third-order valence-electron chi connectivity index (χ3n) is 2.91. The lowest BCUT2D eigenvalue weighted by molar-refractivity contribution is -0.131. The Morgan fingerprint density at radius 2 is 2.21 bits per heavy atom. The van der Waals surface area contributed by atoms with Gasteiger partial charge in [-0.2, -0.15) is 11.8 Å². The Morgan fingerprint density at radius 3 is 2.86 bits per heavy atom. The summed E-state index contributed by atoms with van der Waals surface area (Å²) in [5.41, 5.74) is 0. The van der Waals surface area contributed by atoms with Gasteiger partial charge in [0.15, 0.2) is 0 Å². The maximum Gasteiger partial charge on any atom is 0.223 e. The summed E-state index contributed by atoms with van der Waals surface area (Å²) in [7, 11) is 0. The number of hydrogen-bond acceptors (Lipinski definition) is 2. The Hall–Kier alpha value is -0.440. The van der Waals surface area contributed by atoms with Crippen molar-refractivity contribution < 1.29 is 4.79 Å². The quantitative estimate of drug-likeness (QED) is 0.650. The summed E-state index contributed by atoms with van der Waals surface area (Å²) in [6.45, 7) is 1.92. The van der Waals surface area contributed by atoms with Crippen LogP contribution < -0.4 is 0 Å². The lowest BCUT2D eigenvalue weighted by atomic mass is 10.0. The molecule has 2 aliphatic rings. The van der Waals surface area contributed by atoms with Crippen molar-refractivity contribution in [1.29, 1.82) is 0 Å². The van der Waals surface area contributed by atoms with E-state index in [0.717, 1.165) is 37.4 Å². The van der Waals surface area contributed by atoms with Crippen LogP contribution in [0.1, 0.15) is 19.3 Å². The van der Waals surface area contributed by atoms with E-state index in [0.29, 0.717) is 11.8 Å². The fourth-order valence-electron chi connectivity index (χ4n) is 2.03. The summed E-state index contributed by atoms with van der Waals surface area (Å²) in [6.07, 6.45) is 7.48. The van der Waals surface area contributed by atoms with Gasteiger partial charge in [-0.3, -0.25) is 4.79 Å². The molecule has 1 fully saturated rings. The molecule has 1 heterocycles. The summed E-state index contributed by atoms with van der Waals surface area (Å²) in [6, 6.07) is 0. The topological polar surface area (TPSA) is 20.3 Å². The van der Waals surface area contributed by atoms with Gasteiger partial charge >= 0.3 is 0 Å². The predicted molar refractivity (Wildman–Crippen MR) is 60.4 cm³/mol. The molecule has 1 amide bonds. The molecule has 0 aromatic heterocycles. The van der Waals surface area contributed by atoms with Gasteiger partial charge in [0.05, 0.1) is 0 Å². The highest BCUT2D eigenvalue weighted by Gasteiger charge is 2.20. The van der Waals surface area contributed by atoms with Crippen molar-refractivity contribution in [1.82, 2.24) is 4.90 Å². The van der Waals surface area contributed by atoms with Crippen molar-refractivity contribution in [2.75, 3.05) is 24.6 Å². The lowest BCUT2D eigenvalue weighted by Gasteiger charge is -2.27. The van der Waals surface area contributed by atoms with Gasteiger partial charge < -0.3 is 4.90 Å². The standard InChI is InChI=1S/C11H17NOS/c13-11(9-10-3-1-2-4-10)12-5-7-14-8-6-12/h1,3,10H,2,4-9H2/t10-/m0/s1. The monoisotopic (exact) mass is 211 g/mol. The number of amides is 1. The Bertz CT molecular complexity index is 233. The molecule has 0 aromatic rings. The largest absolute Gasteiger partial charge is 0.341 e. The lowest BCUT2D eigenvalue weighted by Crippen LogP contribution is -2.38. The summed E-state index contributed by atoms with van der Waals surface area (Å²) < 4.78 is 0. The Labute approximate surface area is 89.7 Å². The van der Waals surface area contributed by atoms with Gasteiger partial charge in [-0.15, -0.1) is 0 Å². The maximum absolute atomic E-state index is 11.8. The molecule has 2 nitrogen and oxygen atoms in total. The van der Waals surface area contributed by atoms with E-state index in [4.69, 9.17) is 0 Å². The molecule has 14 heavy (non-hydrogen) atoms. The highest BCUT2D eigenvalue weighted by molar-refractivity contribution is 7.99. The van der Waals surface area contributed by atoms with E-state index in [-0.39, 0.29) is 0 Å². The van der Waals surface area contributed by atoms with Gasteiger partial charge in [0, 0.05) is 31.0 Å². The van der Waals surface area contributed by atoms with E-state index in [1.54, 1.807) is 0 Å². The number of hydrogen-bond donors (Lipinski definition) is 0. The number of carbonyl (C=O) groups is 1. The molecule has 1 aliphatic heterocycles. The molecule has 2 rings (SSSR count). The molecule has 1 atom stereocenters. The summed E-state index contributed by atoms with van der Waals surface area (Å²) in [5, 5.41) is 0. The molecule has 3 heteroatoms. The minimum Gasteiger partial charge on any atom is -0.341 e. The average Bonchev–Trinajstić information content (AvgIpc) is 2.72. The zero-order valence-corrected chi connectivity index (χ0v) is 9.26.